The second-order valence-corrected chi connectivity index (χ2v) is 4.83. The highest BCUT2D eigenvalue weighted by Crippen LogP contribution is 2.23. The summed E-state index contributed by atoms with van der Waals surface area (Å²) in [4.78, 5) is 0. The van der Waals surface area contributed by atoms with Gasteiger partial charge in [0.15, 0.2) is 0 Å². The van der Waals surface area contributed by atoms with Crippen LogP contribution in [0.5, 0.6) is 0 Å². The van der Waals surface area contributed by atoms with Gasteiger partial charge in [-0.05, 0) is 34.6 Å². The Labute approximate surface area is 115 Å². The minimum absolute atomic E-state index is 0.775. The molecule has 1 heterocycles. The molecule has 90 valence electrons. The van der Waals surface area contributed by atoms with Crippen LogP contribution in [0.15, 0.2) is 36.5 Å². The van der Waals surface area contributed by atoms with Gasteiger partial charge in [-0.1, -0.05) is 30.3 Å². The first-order chi connectivity index (χ1) is 8.31. The van der Waals surface area contributed by atoms with E-state index in [0.29, 0.717) is 0 Å². The lowest BCUT2D eigenvalue weighted by molar-refractivity contribution is 0.189. The third-order valence-corrected chi connectivity index (χ3v) is 3.33. The fourth-order valence-corrected chi connectivity index (χ4v) is 2.42. The van der Waals surface area contributed by atoms with E-state index in [1.54, 1.807) is 7.11 Å². The van der Waals surface area contributed by atoms with Crippen molar-refractivity contribution in [3.05, 3.63) is 40.2 Å². The van der Waals surface area contributed by atoms with Gasteiger partial charge in [-0.3, -0.25) is 4.68 Å². The Bertz CT molecular complexity index is 468. The van der Waals surface area contributed by atoms with E-state index in [1.807, 2.05) is 22.9 Å². The zero-order chi connectivity index (χ0) is 12.1. The van der Waals surface area contributed by atoms with Crippen molar-refractivity contribution in [3.63, 3.8) is 0 Å². The zero-order valence-corrected chi connectivity index (χ0v) is 11.9. The van der Waals surface area contributed by atoms with Crippen LogP contribution in [-0.2, 0) is 11.3 Å². The van der Waals surface area contributed by atoms with E-state index < -0.39 is 0 Å². The SMILES string of the molecule is COCCCn1cc(-c2ccccc2)c(I)n1. The van der Waals surface area contributed by atoms with E-state index in [9.17, 15) is 0 Å². The van der Waals surface area contributed by atoms with Gasteiger partial charge in [0.1, 0.15) is 3.70 Å². The molecule has 0 aliphatic heterocycles. The van der Waals surface area contributed by atoms with Crippen molar-refractivity contribution in [2.45, 2.75) is 13.0 Å². The molecule has 0 aliphatic carbocycles. The Morgan fingerprint density at radius 3 is 2.76 bits per heavy atom. The molecule has 0 saturated heterocycles. The molecular formula is C13H15IN2O. The number of benzene rings is 1. The zero-order valence-electron chi connectivity index (χ0n) is 9.77. The standard InChI is InChI=1S/C13H15IN2O/c1-17-9-5-8-16-10-12(13(14)15-16)11-6-3-2-4-7-11/h2-4,6-7,10H,5,8-9H2,1H3. The third-order valence-electron chi connectivity index (χ3n) is 2.54. The minimum atomic E-state index is 0.775. The number of hydrogen-bond acceptors (Lipinski definition) is 2. The summed E-state index contributed by atoms with van der Waals surface area (Å²) in [7, 11) is 1.72. The fraction of sp³-hybridized carbons (Fsp3) is 0.308. The van der Waals surface area contributed by atoms with Crippen LogP contribution in [0, 0.1) is 3.70 Å². The number of nitrogens with zero attached hydrogens (tertiary/aromatic N) is 2. The van der Waals surface area contributed by atoms with Crippen molar-refractivity contribution in [2.75, 3.05) is 13.7 Å². The Hall–Kier alpha value is -0.880. The normalized spacial score (nSPS) is 10.7. The van der Waals surface area contributed by atoms with Gasteiger partial charge in [0.05, 0.1) is 0 Å². The number of aromatic nitrogens is 2. The molecule has 0 radical (unpaired) electrons. The van der Waals surface area contributed by atoms with Gasteiger partial charge < -0.3 is 4.74 Å². The molecule has 1 aromatic carbocycles. The number of hydrogen-bond donors (Lipinski definition) is 0. The maximum absolute atomic E-state index is 5.04. The molecule has 0 saturated carbocycles. The van der Waals surface area contributed by atoms with Crippen molar-refractivity contribution >= 4 is 22.6 Å². The molecule has 3 nitrogen and oxygen atoms in total. The van der Waals surface area contributed by atoms with Crippen LogP contribution < -0.4 is 0 Å². The molecule has 0 atom stereocenters. The van der Waals surface area contributed by atoms with Crippen LogP contribution in [0.25, 0.3) is 11.1 Å². The van der Waals surface area contributed by atoms with E-state index in [2.05, 4.69) is 46.0 Å². The molecule has 0 amide bonds. The molecule has 0 N–H and O–H groups in total. The summed E-state index contributed by atoms with van der Waals surface area (Å²) in [6.45, 7) is 1.67. The maximum atomic E-state index is 5.04. The largest absolute Gasteiger partial charge is 0.385 e. The summed E-state index contributed by atoms with van der Waals surface area (Å²) in [5.41, 5.74) is 2.42. The summed E-state index contributed by atoms with van der Waals surface area (Å²) < 4.78 is 8.08. The van der Waals surface area contributed by atoms with Gasteiger partial charge in [0.2, 0.25) is 0 Å². The molecule has 2 aromatic rings. The predicted octanol–water partition coefficient (Wildman–Crippen LogP) is 3.19. The number of aryl methyl sites for hydroxylation is 1. The van der Waals surface area contributed by atoms with E-state index in [1.165, 1.54) is 11.1 Å². The molecule has 0 bridgehead atoms. The molecule has 0 spiro atoms. The molecule has 17 heavy (non-hydrogen) atoms. The maximum Gasteiger partial charge on any atom is 0.131 e. The smallest absolute Gasteiger partial charge is 0.131 e. The van der Waals surface area contributed by atoms with E-state index in [0.717, 1.165) is 23.3 Å². The van der Waals surface area contributed by atoms with Gasteiger partial charge in [0.25, 0.3) is 0 Å². The summed E-state index contributed by atoms with van der Waals surface area (Å²) in [5.74, 6) is 0. The van der Waals surface area contributed by atoms with Crippen molar-refractivity contribution in [2.24, 2.45) is 0 Å². The number of ether oxygens (including phenoxy) is 1. The van der Waals surface area contributed by atoms with E-state index in [-0.39, 0.29) is 0 Å². The Kier molecular flexibility index (Phi) is 4.56. The van der Waals surface area contributed by atoms with Crippen LogP contribution >= 0.6 is 22.6 Å². The quantitative estimate of drug-likeness (QED) is 0.616. The van der Waals surface area contributed by atoms with Crippen LogP contribution in [0.1, 0.15) is 6.42 Å². The lowest BCUT2D eigenvalue weighted by Crippen LogP contribution is -2.01. The molecule has 0 unspecified atom stereocenters. The third kappa shape index (κ3) is 3.29. The van der Waals surface area contributed by atoms with Crippen LogP contribution in [0.3, 0.4) is 0 Å². The first-order valence-electron chi connectivity index (χ1n) is 5.58. The first-order valence-corrected chi connectivity index (χ1v) is 6.66. The molecule has 0 aliphatic rings. The lowest BCUT2D eigenvalue weighted by Gasteiger charge is -1.99. The van der Waals surface area contributed by atoms with Gasteiger partial charge in [-0.15, -0.1) is 0 Å². The van der Waals surface area contributed by atoms with Crippen molar-refractivity contribution in [1.82, 2.24) is 9.78 Å². The summed E-state index contributed by atoms with van der Waals surface area (Å²) in [6, 6.07) is 10.3. The van der Waals surface area contributed by atoms with Crippen molar-refractivity contribution < 1.29 is 4.74 Å². The predicted molar refractivity (Wildman–Crippen MR) is 76.9 cm³/mol. The topological polar surface area (TPSA) is 27.1 Å². The summed E-state index contributed by atoms with van der Waals surface area (Å²) >= 11 is 2.28. The van der Waals surface area contributed by atoms with Crippen LogP contribution in [0.2, 0.25) is 0 Å². The monoisotopic (exact) mass is 342 g/mol. The van der Waals surface area contributed by atoms with Crippen LogP contribution in [-0.4, -0.2) is 23.5 Å². The Morgan fingerprint density at radius 2 is 2.06 bits per heavy atom. The highest BCUT2D eigenvalue weighted by Gasteiger charge is 2.07. The van der Waals surface area contributed by atoms with E-state index in [4.69, 9.17) is 4.74 Å². The Morgan fingerprint density at radius 1 is 1.29 bits per heavy atom. The number of halogens is 1. The highest BCUT2D eigenvalue weighted by molar-refractivity contribution is 14.1. The molecule has 4 heteroatoms. The number of rotatable bonds is 5. The van der Waals surface area contributed by atoms with Gasteiger partial charge in [0, 0.05) is 32.0 Å². The van der Waals surface area contributed by atoms with Crippen LogP contribution in [0.4, 0.5) is 0 Å². The van der Waals surface area contributed by atoms with Gasteiger partial charge in [-0.25, -0.2) is 0 Å². The van der Waals surface area contributed by atoms with Gasteiger partial charge >= 0.3 is 0 Å². The summed E-state index contributed by atoms with van der Waals surface area (Å²) in [5, 5.41) is 4.51. The first kappa shape index (κ1) is 12.6. The molecule has 2 rings (SSSR count). The Balaban J connectivity index is 2.14. The highest BCUT2D eigenvalue weighted by atomic mass is 127. The second kappa shape index (κ2) is 6.16. The molecular weight excluding hydrogens is 327 g/mol. The average Bonchev–Trinajstić information content (AvgIpc) is 2.72. The van der Waals surface area contributed by atoms with Crippen molar-refractivity contribution in [1.29, 1.82) is 0 Å². The molecule has 1 aromatic heterocycles. The summed E-state index contributed by atoms with van der Waals surface area (Å²) in [6.07, 6.45) is 3.09. The second-order valence-electron chi connectivity index (χ2n) is 3.81. The fourth-order valence-electron chi connectivity index (χ4n) is 1.69. The van der Waals surface area contributed by atoms with E-state index >= 15 is 0 Å². The number of methoxy groups -OCH3 is 1. The minimum Gasteiger partial charge on any atom is -0.385 e. The lowest BCUT2D eigenvalue weighted by atomic mass is 10.1. The molecule has 0 fully saturated rings. The van der Waals surface area contributed by atoms with Gasteiger partial charge in [-0.2, -0.15) is 5.10 Å². The average molecular weight is 342 g/mol. The van der Waals surface area contributed by atoms with Crippen molar-refractivity contribution in [3.8, 4) is 11.1 Å².